The number of hydrogen-bond donors (Lipinski definition) is 0. The third-order valence-corrected chi connectivity index (χ3v) is 7.52. The number of halogens is 6. The lowest BCUT2D eigenvalue weighted by Gasteiger charge is -2.44. The second-order valence-corrected chi connectivity index (χ2v) is 11.5. The van der Waals surface area contributed by atoms with Gasteiger partial charge in [-0.25, -0.2) is 0 Å². The molecule has 0 N–H and O–H groups in total. The summed E-state index contributed by atoms with van der Waals surface area (Å²) in [6.45, 7) is 4.09. The minimum Gasteiger partial charge on any atom is -0.342 e. The van der Waals surface area contributed by atoms with Gasteiger partial charge in [-0.1, -0.05) is 18.2 Å². The van der Waals surface area contributed by atoms with Crippen molar-refractivity contribution in [1.82, 2.24) is 4.90 Å². The van der Waals surface area contributed by atoms with Crippen LogP contribution >= 0.6 is 0 Å². The fourth-order valence-corrected chi connectivity index (χ4v) is 5.18. The van der Waals surface area contributed by atoms with Crippen LogP contribution in [0.5, 0.6) is 0 Å². The van der Waals surface area contributed by atoms with Gasteiger partial charge < -0.3 is 4.90 Å². The van der Waals surface area contributed by atoms with Crippen LogP contribution in [0.3, 0.4) is 0 Å². The van der Waals surface area contributed by atoms with Gasteiger partial charge in [0.2, 0.25) is 5.91 Å². The Balaban J connectivity index is 1.91. The van der Waals surface area contributed by atoms with Crippen molar-refractivity contribution in [2.75, 3.05) is 26.0 Å². The standard InChI is InChI=1S/C26H29F6NO4S/c1-17-5-6-20(11-18(17)2)24(8-10-37-38(3,35)36)7-4-9-33(16-24)23(34)14-19-12-21(25(27,28)29)15-22(13-19)26(30,31)32/h5-6,11-13,15H,4,7-10,14,16H2,1-3H3/t24-/m1/s1. The largest absolute Gasteiger partial charge is 0.416 e. The van der Waals surface area contributed by atoms with Crippen LogP contribution in [-0.2, 0) is 43.3 Å². The smallest absolute Gasteiger partial charge is 0.342 e. The van der Waals surface area contributed by atoms with E-state index in [1.807, 2.05) is 32.0 Å². The molecule has 3 rings (SSSR count). The molecule has 0 spiro atoms. The van der Waals surface area contributed by atoms with E-state index in [9.17, 15) is 39.6 Å². The van der Waals surface area contributed by atoms with Crippen LogP contribution in [0.15, 0.2) is 36.4 Å². The number of aryl methyl sites for hydroxylation is 2. The first-order chi connectivity index (χ1) is 17.4. The maximum Gasteiger partial charge on any atom is 0.416 e. The van der Waals surface area contributed by atoms with Crippen molar-refractivity contribution >= 4 is 16.0 Å². The average molecular weight is 566 g/mol. The Morgan fingerprint density at radius 2 is 1.58 bits per heavy atom. The molecule has 2 aromatic carbocycles. The molecule has 0 saturated carbocycles. The average Bonchev–Trinajstić information content (AvgIpc) is 2.78. The van der Waals surface area contributed by atoms with Crippen molar-refractivity contribution in [2.45, 2.75) is 57.3 Å². The van der Waals surface area contributed by atoms with Crippen LogP contribution in [0.1, 0.15) is 52.6 Å². The summed E-state index contributed by atoms with van der Waals surface area (Å²) in [4.78, 5) is 14.6. The number of piperidine rings is 1. The van der Waals surface area contributed by atoms with Gasteiger partial charge in [0.15, 0.2) is 0 Å². The molecule has 1 fully saturated rings. The summed E-state index contributed by atoms with van der Waals surface area (Å²) in [6.07, 6.45) is -8.40. The molecule has 1 aliphatic heterocycles. The Morgan fingerprint density at radius 1 is 0.974 bits per heavy atom. The molecule has 1 aliphatic rings. The first-order valence-corrected chi connectivity index (χ1v) is 13.7. The fraction of sp³-hybridized carbons (Fsp3) is 0.500. The molecule has 12 heteroatoms. The highest BCUT2D eigenvalue weighted by molar-refractivity contribution is 7.85. The number of hydrogen-bond acceptors (Lipinski definition) is 4. The number of benzene rings is 2. The summed E-state index contributed by atoms with van der Waals surface area (Å²) in [5, 5.41) is 0. The zero-order chi connectivity index (χ0) is 28.5. The molecular formula is C26H29F6NO4S. The van der Waals surface area contributed by atoms with E-state index in [2.05, 4.69) is 0 Å². The summed E-state index contributed by atoms with van der Waals surface area (Å²) >= 11 is 0. The summed E-state index contributed by atoms with van der Waals surface area (Å²) in [6, 6.07) is 6.90. The monoisotopic (exact) mass is 565 g/mol. The molecule has 2 aromatic rings. The first-order valence-electron chi connectivity index (χ1n) is 11.9. The first kappa shape index (κ1) is 29.9. The number of likely N-dealkylation sites (tertiary alicyclic amines) is 1. The Labute approximate surface area is 217 Å². The van der Waals surface area contributed by atoms with Crippen LogP contribution < -0.4 is 0 Å². The van der Waals surface area contributed by atoms with Gasteiger partial charge in [0, 0.05) is 18.5 Å². The van der Waals surface area contributed by atoms with E-state index in [1.165, 1.54) is 4.90 Å². The maximum absolute atomic E-state index is 13.3. The van der Waals surface area contributed by atoms with Gasteiger partial charge in [0.05, 0.1) is 30.4 Å². The van der Waals surface area contributed by atoms with Gasteiger partial charge in [-0.2, -0.15) is 34.8 Å². The Hall–Kier alpha value is -2.60. The molecule has 0 radical (unpaired) electrons. The second kappa shape index (κ2) is 10.9. The van der Waals surface area contributed by atoms with Crippen molar-refractivity contribution in [1.29, 1.82) is 0 Å². The normalized spacial score (nSPS) is 19.0. The van der Waals surface area contributed by atoms with Gasteiger partial charge in [0.25, 0.3) is 10.1 Å². The molecule has 1 atom stereocenters. The highest BCUT2D eigenvalue weighted by Gasteiger charge is 2.40. The lowest BCUT2D eigenvalue weighted by Crippen LogP contribution is -2.49. The van der Waals surface area contributed by atoms with E-state index in [0.29, 0.717) is 25.0 Å². The number of rotatable bonds is 7. The van der Waals surface area contributed by atoms with E-state index < -0.39 is 51.3 Å². The van der Waals surface area contributed by atoms with E-state index in [-0.39, 0.29) is 37.7 Å². The summed E-state index contributed by atoms with van der Waals surface area (Å²) in [5.74, 6) is -0.616. The van der Waals surface area contributed by atoms with Crippen LogP contribution in [0.4, 0.5) is 26.3 Å². The highest BCUT2D eigenvalue weighted by Crippen LogP contribution is 2.39. The molecule has 0 unspecified atom stereocenters. The lowest BCUT2D eigenvalue weighted by atomic mass is 9.71. The zero-order valence-corrected chi connectivity index (χ0v) is 22.0. The van der Waals surface area contributed by atoms with Crippen molar-refractivity contribution < 1.29 is 43.7 Å². The Bertz CT molecular complexity index is 1260. The molecule has 1 heterocycles. The SMILES string of the molecule is Cc1ccc([C@@]2(CCOS(C)(=O)=O)CCCN(C(=O)Cc3cc(C(F)(F)F)cc(C(F)(F)F)c3)C2)cc1C. The van der Waals surface area contributed by atoms with Crippen molar-refractivity contribution in [2.24, 2.45) is 0 Å². The van der Waals surface area contributed by atoms with Gasteiger partial charge >= 0.3 is 12.4 Å². The summed E-state index contributed by atoms with van der Waals surface area (Å²) < 4.78 is 108. The number of amides is 1. The molecular weight excluding hydrogens is 536 g/mol. The van der Waals surface area contributed by atoms with Gasteiger partial charge in [-0.05, 0) is 73.6 Å². The summed E-state index contributed by atoms with van der Waals surface area (Å²) in [7, 11) is -3.72. The fourth-order valence-electron chi connectivity index (χ4n) is 4.80. The van der Waals surface area contributed by atoms with E-state index in [4.69, 9.17) is 4.18 Å². The van der Waals surface area contributed by atoms with Crippen molar-refractivity contribution in [3.8, 4) is 0 Å². The van der Waals surface area contributed by atoms with E-state index >= 15 is 0 Å². The molecule has 210 valence electrons. The topological polar surface area (TPSA) is 63.7 Å². The lowest BCUT2D eigenvalue weighted by molar-refractivity contribution is -0.143. The third-order valence-electron chi connectivity index (χ3n) is 6.93. The second-order valence-electron chi connectivity index (χ2n) is 9.87. The molecule has 0 bridgehead atoms. The molecule has 38 heavy (non-hydrogen) atoms. The number of carbonyl (C=O) groups excluding carboxylic acids is 1. The van der Waals surface area contributed by atoms with Gasteiger partial charge in [0.1, 0.15) is 0 Å². The minimum atomic E-state index is -5.01. The highest BCUT2D eigenvalue weighted by atomic mass is 32.2. The number of carbonyl (C=O) groups is 1. The molecule has 1 amide bonds. The number of alkyl halides is 6. The van der Waals surface area contributed by atoms with Crippen molar-refractivity contribution in [3.63, 3.8) is 0 Å². The van der Waals surface area contributed by atoms with Crippen molar-refractivity contribution in [3.05, 3.63) is 69.8 Å². The van der Waals surface area contributed by atoms with Crippen LogP contribution in [0.25, 0.3) is 0 Å². The predicted octanol–water partition coefficient (Wildman–Crippen LogP) is 5.81. The third kappa shape index (κ3) is 7.49. The van der Waals surface area contributed by atoms with Gasteiger partial charge in [-0.3, -0.25) is 8.98 Å². The molecule has 1 saturated heterocycles. The maximum atomic E-state index is 13.3. The van der Waals surface area contributed by atoms with Crippen LogP contribution in [0.2, 0.25) is 0 Å². The zero-order valence-electron chi connectivity index (χ0n) is 21.2. The van der Waals surface area contributed by atoms with E-state index in [0.717, 1.165) is 22.9 Å². The quantitative estimate of drug-likeness (QED) is 0.314. The summed E-state index contributed by atoms with van der Waals surface area (Å²) in [5.41, 5.74) is -1.17. The van der Waals surface area contributed by atoms with Gasteiger partial charge in [-0.15, -0.1) is 0 Å². The Morgan fingerprint density at radius 3 is 2.11 bits per heavy atom. The van der Waals surface area contributed by atoms with Crippen LogP contribution in [0, 0.1) is 13.8 Å². The predicted molar refractivity (Wildman–Crippen MR) is 129 cm³/mol. The Kier molecular flexibility index (Phi) is 8.57. The minimum absolute atomic E-state index is 0.0292. The number of nitrogens with zero attached hydrogens (tertiary/aromatic N) is 1. The molecule has 0 aliphatic carbocycles. The molecule has 5 nitrogen and oxygen atoms in total. The molecule has 0 aromatic heterocycles. The van der Waals surface area contributed by atoms with Crippen LogP contribution in [-0.4, -0.2) is 45.2 Å². The van der Waals surface area contributed by atoms with E-state index in [1.54, 1.807) is 0 Å².